The van der Waals surface area contributed by atoms with Gasteiger partial charge in [-0.3, -0.25) is 9.89 Å². The third-order valence-electron chi connectivity index (χ3n) is 3.09. The Labute approximate surface area is 112 Å². The first kappa shape index (κ1) is 14.0. The molecule has 1 unspecified atom stereocenters. The lowest BCUT2D eigenvalue weighted by molar-refractivity contribution is -0.0189. The number of carbonyl (C=O) groups excluding carboxylic acids is 1. The Morgan fingerprint density at radius 3 is 2.89 bits per heavy atom. The molecule has 1 aromatic rings. The Kier molecular flexibility index (Phi) is 3.86. The van der Waals surface area contributed by atoms with Gasteiger partial charge in [-0.15, -0.1) is 5.10 Å². The van der Waals surface area contributed by atoms with Crippen LogP contribution in [0.3, 0.4) is 0 Å². The van der Waals surface area contributed by atoms with Crippen LogP contribution >= 0.6 is 0 Å². The molecule has 1 saturated heterocycles. The number of nitrogens with one attached hydrogen (secondary N) is 1. The molecule has 1 aromatic heterocycles. The van der Waals surface area contributed by atoms with E-state index in [0.717, 1.165) is 0 Å². The molecule has 1 aliphatic heterocycles. The molecule has 0 aromatic carbocycles. The highest BCUT2D eigenvalue weighted by Gasteiger charge is 2.30. The Hall–Kier alpha value is -1.47. The van der Waals surface area contributed by atoms with Crippen molar-refractivity contribution in [2.45, 2.75) is 32.2 Å². The maximum absolute atomic E-state index is 12.3. The lowest BCUT2D eigenvalue weighted by atomic mass is 9.96. The van der Waals surface area contributed by atoms with Gasteiger partial charge in [-0.05, 0) is 0 Å². The normalized spacial score (nSPS) is 20.6. The zero-order valence-electron chi connectivity index (χ0n) is 11.5. The van der Waals surface area contributed by atoms with Crippen molar-refractivity contribution in [3.05, 3.63) is 11.6 Å². The zero-order chi connectivity index (χ0) is 14.0. The average molecular weight is 268 g/mol. The Balaban J connectivity index is 2.16. The van der Waals surface area contributed by atoms with Crippen LogP contribution in [0, 0.1) is 0 Å². The minimum Gasteiger partial charge on any atom is -0.394 e. The van der Waals surface area contributed by atoms with Gasteiger partial charge in [0.1, 0.15) is 5.82 Å². The maximum Gasteiger partial charge on any atom is 0.294 e. The van der Waals surface area contributed by atoms with Crippen molar-refractivity contribution in [3.63, 3.8) is 0 Å². The van der Waals surface area contributed by atoms with Crippen molar-refractivity contribution >= 4 is 5.91 Å². The van der Waals surface area contributed by atoms with E-state index in [0.29, 0.717) is 25.6 Å². The second kappa shape index (κ2) is 5.26. The second-order valence-electron chi connectivity index (χ2n) is 5.67. The van der Waals surface area contributed by atoms with Crippen LogP contribution in [-0.2, 0) is 10.2 Å². The van der Waals surface area contributed by atoms with Crippen molar-refractivity contribution in [1.29, 1.82) is 0 Å². The number of morpholine rings is 1. The molecule has 0 aliphatic carbocycles. The van der Waals surface area contributed by atoms with Crippen LogP contribution in [0.15, 0.2) is 0 Å². The minimum atomic E-state index is -0.321. The van der Waals surface area contributed by atoms with Crippen molar-refractivity contribution in [1.82, 2.24) is 20.1 Å². The van der Waals surface area contributed by atoms with E-state index in [4.69, 9.17) is 4.74 Å². The first-order chi connectivity index (χ1) is 8.93. The molecule has 19 heavy (non-hydrogen) atoms. The number of carbonyl (C=O) groups is 1. The van der Waals surface area contributed by atoms with Crippen molar-refractivity contribution in [3.8, 4) is 0 Å². The summed E-state index contributed by atoms with van der Waals surface area (Å²) in [5.41, 5.74) is -0.188. The summed E-state index contributed by atoms with van der Waals surface area (Å²) in [4.78, 5) is 18.1. The summed E-state index contributed by atoms with van der Waals surface area (Å²) < 4.78 is 5.25. The smallest absolute Gasteiger partial charge is 0.294 e. The van der Waals surface area contributed by atoms with Crippen LogP contribution in [0.1, 0.15) is 37.2 Å². The van der Waals surface area contributed by atoms with Crippen LogP contribution in [0.5, 0.6) is 0 Å². The quantitative estimate of drug-likeness (QED) is 0.784. The Morgan fingerprint density at radius 2 is 2.32 bits per heavy atom. The molecule has 106 valence electrons. The number of aliphatic hydroxyl groups is 1. The van der Waals surface area contributed by atoms with Gasteiger partial charge in [0.2, 0.25) is 5.82 Å². The van der Waals surface area contributed by atoms with Crippen molar-refractivity contribution < 1.29 is 14.6 Å². The number of hydrogen-bond donors (Lipinski definition) is 2. The van der Waals surface area contributed by atoms with E-state index in [1.807, 2.05) is 20.8 Å². The van der Waals surface area contributed by atoms with Crippen LogP contribution < -0.4 is 0 Å². The molecule has 1 fully saturated rings. The average Bonchev–Trinajstić information content (AvgIpc) is 2.87. The molecular formula is C12H20N4O3. The van der Waals surface area contributed by atoms with Gasteiger partial charge in [-0.2, -0.15) is 0 Å². The highest BCUT2D eigenvalue weighted by atomic mass is 16.5. The molecule has 0 bridgehead atoms. The van der Waals surface area contributed by atoms with Gasteiger partial charge >= 0.3 is 0 Å². The van der Waals surface area contributed by atoms with E-state index >= 15 is 0 Å². The Bertz CT molecular complexity index is 452. The number of aromatic nitrogens is 3. The summed E-state index contributed by atoms with van der Waals surface area (Å²) in [7, 11) is 0. The fourth-order valence-corrected chi connectivity index (χ4v) is 1.89. The SMILES string of the molecule is CC(C)(C)c1nc(C(=O)N2CCOCC2CO)n[nH]1. The number of hydrogen-bond acceptors (Lipinski definition) is 5. The number of aliphatic hydroxyl groups excluding tert-OH is 1. The molecule has 7 nitrogen and oxygen atoms in total. The van der Waals surface area contributed by atoms with E-state index in [1.165, 1.54) is 0 Å². The molecule has 2 rings (SSSR count). The van der Waals surface area contributed by atoms with Gasteiger partial charge in [0, 0.05) is 12.0 Å². The number of rotatable bonds is 2. The molecule has 2 N–H and O–H groups in total. The molecule has 0 saturated carbocycles. The van der Waals surface area contributed by atoms with E-state index in [9.17, 15) is 9.90 Å². The molecule has 0 spiro atoms. The van der Waals surface area contributed by atoms with Crippen LogP contribution in [-0.4, -0.2) is 63.5 Å². The predicted octanol–water partition coefficient (Wildman–Crippen LogP) is -0.0645. The summed E-state index contributed by atoms with van der Waals surface area (Å²) in [6.07, 6.45) is 0. The third kappa shape index (κ3) is 2.93. The standard InChI is InChI=1S/C12H20N4O3/c1-12(2,3)11-13-9(14-15-11)10(18)16-4-5-19-7-8(16)6-17/h8,17H,4-7H2,1-3H3,(H,13,14,15). The van der Waals surface area contributed by atoms with E-state index in [-0.39, 0.29) is 29.8 Å². The van der Waals surface area contributed by atoms with Gasteiger partial charge in [0.05, 0.1) is 25.9 Å². The zero-order valence-corrected chi connectivity index (χ0v) is 11.5. The topological polar surface area (TPSA) is 91.3 Å². The summed E-state index contributed by atoms with van der Waals surface area (Å²) in [5, 5.41) is 16.0. The monoisotopic (exact) mass is 268 g/mol. The highest BCUT2D eigenvalue weighted by molar-refractivity contribution is 5.90. The predicted molar refractivity (Wildman–Crippen MR) is 67.8 cm³/mol. The molecule has 1 atom stereocenters. The number of H-pyrrole nitrogens is 1. The fourth-order valence-electron chi connectivity index (χ4n) is 1.89. The first-order valence-electron chi connectivity index (χ1n) is 6.36. The summed E-state index contributed by atoms with van der Waals surface area (Å²) >= 11 is 0. The van der Waals surface area contributed by atoms with Gasteiger partial charge in [-0.1, -0.05) is 20.8 Å². The molecule has 1 amide bonds. The lowest BCUT2D eigenvalue weighted by Gasteiger charge is -2.33. The molecule has 7 heteroatoms. The molecule has 1 aliphatic rings. The van der Waals surface area contributed by atoms with Crippen LogP contribution in [0.25, 0.3) is 0 Å². The molecule has 2 heterocycles. The third-order valence-corrected chi connectivity index (χ3v) is 3.09. The van der Waals surface area contributed by atoms with E-state index in [2.05, 4.69) is 15.2 Å². The summed E-state index contributed by atoms with van der Waals surface area (Å²) in [5.74, 6) is 0.545. The van der Waals surface area contributed by atoms with E-state index in [1.54, 1.807) is 4.90 Å². The van der Waals surface area contributed by atoms with Gasteiger partial charge in [-0.25, -0.2) is 4.98 Å². The highest BCUT2D eigenvalue weighted by Crippen LogP contribution is 2.18. The Morgan fingerprint density at radius 1 is 1.58 bits per heavy atom. The molecule has 0 radical (unpaired) electrons. The lowest BCUT2D eigenvalue weighted by Crippen LogP contribution is -2.50. The van der Waals surface area contributed by atoms with Crippen molar-refractivity contribution in [2.24, 2.45) is 0 Å². The number of amides is 1. The van der Waals surface area contributed by atoms with Crippen LogP contribution in [0.4, 0.5) is 0 Å². The van der Waals surface area contributed by atoms with Gasteiger partial charge in [0.15, 0.2) is 0 Å². The summed E-state index contributed by atoms with van der Waals surface area (Å²) in [6, 6.07) is -0.321. The largest absolute Gasteiger partial charge is 0.394 e. The number of ether oxygens (including phenoxy) is 1. The second-order valence-corrected chi connectivity index (χ2v) is 5.67. The van der Waals surface area contributed by atoms with E-state index < -0.39 is 0 Å². The van der Waals surface area contributed by atoms with Crippen molar-refractivity contribution in [2.75, 3.05) is 26.4 Å². The number of aromatic amines is 1. The number of nitrogens with zero attached hydrogens (tertiary/aromatic N) is 3. The van der Waals surface area contributed by atoms with Crippen LogP contribution in [0.2, 0.25) is 0 Å². The first-order valence-corrected chi connectivity index (χ1v) is 6.36. The van der Waals surface area contributed by atoms with Gasteiger partial charge in [0.25, 0.3) is 5.91 Å². The fraction of sp³-hybridized carbons (Fsp3) is 0.750. The van der Waals surface area contributed by atoms with Gasteiger partial charge < -0.3 is 14.7 Å². The maximum atomic E-state index is 12.3. The summed E-state index contributed by atoms with van der Waals surface area (Å²) in [6.45, 7) is 7.12. The minimum absolute atomic E-state index is 0.123. The molecular weight excluding hydrogens is 248 g/mol.